The van der Waals surface area contributed by atoms with Gasteiger partial charge >= 0.3 is 12.0 Å². The monoisotopic (exact) mass is 402 g/mol. The summed E-state index contributed by atoms with van der Waals surface area (Å²) in [6.45, 7) is 0. The van der Waals surface area contributed by atoms with Crippen LogP contribution in [0.4, 0.5) is 10.5 Å². The van der Waals surface area contributed by atoms with E-state index in [-0.39, 0.29) is 12.1 Å². The Morgan fingerprint density at radius 1 is 1.25 bits per heavy atom. The van der Waals surface area contributed by atoms with Crippen LogP contribution in [0.25, 0.3) is 0 Å². The van der Waals surface area contributed by atoms with E-state index >= 15 is 0 Å². The first-order valence-electron chi connectivity index (χ1n) is 5.89. The largest absolute Gasteiger partial charge is 0.481 e. The molecule has 2 rings (SSSR count). The number of carboxylic acids is 1. The van der Waals surface area contributed by atoms with Crippen molar-refractivity contribution in [1.29, 1.82) is 0 Å². The van der Waals surface area contributed by atoms with Crippen molar-refractivity contribution in [2.24, 2.45) is 5.92 Å². The highest BCUT2D eigenvalue weighted by molar-refractivity contribution is 9.11. The zero-order valence-corrected chi connectivity index (χ0v) is 13.4. The van der Waals surface area contributed by atoms with Crippen LogP contribution in [0.1, 0.15) is 6.42 Å². The van der Waals surface area contributed by atoms with E-state index < -0.39 is 11.9 Å². The number of carboxylic acid groups (broad SMARTS) is 1. The van der Waals surface area contributed by atoms with Crippen molar-refractivity contribution in [3.05, 3.63) is 39.3 Å². The molecule has 0 spiro atoms. The first kappa shape index (κ1) is 15.1. The second-order valence-electron chi connectivity index (χ2n) is 4.39. The summed E-state index contributed by atoms with van der Waals surface area (Å²) in [5.74, 6) is -1.40. The van der Waals surface area contributed by atoms with Gasteiger partial charge in [-0.3, -0.25) is 4.79 Å². The van der Waals surface area contributed by atoms with Gasteiger partial charge in [0.15, 0.2) is 0 Å². The summed E-state index contributed by atoms with van der Waals surface area (Å²) in [6, 6.07) is 4.78. The number of halogens is 2. The molecular weight excluding hydrogens is 392 g/mol. The van der Waals surface area contributed by atoms with E-state index in [2.05, 4.69) is 42.5 Å². The lowest BCUT2D eigenvalue weighted by Crippen LogP contribution is -2.36. The molecule has 0 aliphatic heterocycles. The summed E-state index contributed by atoms with van der Waals surface area (Å²) < 4.78 is 1.66. The van der Waals surface area contributed by atoms with Gasteiger partial charge in [-0.1, -0.05) is 28.1 Å². The molecule has 20 heavy (non-hydrogen) atoms. The second-order valence-corrected chi connectivity index (χ2v) is 6.16. The number of aliphatic carboxylic acids is 1. The number of hydrogen-bond acceptors (Lipinski definition) is 2. The minimum absolute atomic E-state index is 0.259. The molecule has 2 amide bonds. The number of anilines is 1. The summed E-state index contributed by atoms with van der Waals surface area (Å²) in [4.78, 5) is 22.7. The molecular formula is C13H12Br2N2O3. The molecule has 0 saturated heterocycles. The number of rotatable bonds is 3. The molecule has 1 aliphatic rings. The number of carbonyl (C=O) groups is 2. The number of nitrogens with one attached hydrogen (secondary N) is 2. The summed E-state index contributed by atoms with van der Waals surface area (Å²) in [5, 5.41) is 14.3. The van der Waals surface area contributed by atoms with Crippen LogP contribution >= 0.6 is 31.9 Å². The normalized spacial score (nSPS) is 20.7. The van der Waals surface area contributed by atoms with E-state index in [1.54, 1.807) is 18.2 Å². The number of carbonyl (C=O) groups excluding carboxylic acids is 1. The fourth-order valence-corrected chi connectivity index (χ4v) is 3.05. The molecule has 0 fully saturated rings. The Hall–Kier alpha value is -1.34. The van der Waals surface area contributed by atoms with Crippen LogP contribution in [0.15, 0.2) is 39.3 Å². The van der Waals surface area contributed by atoms with Gasteiger partial charge in [-0.15, -0.1) is 0 Å². The van der Waals surface area contributed by atoms with Gasteiger partial charge in [0.05, 0.1) is 17.6 Å². The molecule has 3 N–H and O–H groups in total. The number of hydrogen-bond donors (Lipinski definition) is 3. The van der Waals surface area contributed by atoms with E-state index in [1.807, 2.05) is 12.1 Å². The molecule has 0 bridgehead atoms. The van der Waals surface area contributed by atoms with E-state index in [0.29, 0.717) is 12.1 Å². The molecule has 0 heterocycles. The summed E-state index contributed by atoms with van der Waals surface area (Å²) >= 11 is 6.68. The maximum absolute atomic E-state index is 11.8. The highest BCUT2D eigenvalue weighted by atomic mass is 79.9. The Balaban J connectivity index is 1.90. The average Bonchev–Trinajstić information content (AvgIpc) is 2.81. The van der Waals surface area contributed by atoms with Crippen molar-refractivity contribution in [2.45, 2.75) is 12.5 Å². The number of urea groups is 1. The van der Waals surface area contributed by atoms with Gasteiger partial charge in [-0.2, -0.15) is 0 Å². The van der Waals surface area contributed by atoms with Crippen molar-refractivity contribution in [1.82, 2.24) is 5.32 Å². The van der Waals surface area contributed by atoms with Crippen LogP contribution in [0.3, 0.4) is 0 Å². The first-order chi connectivity index (χ1) is 9.45. The predicted molar refractivity (Wildman–Crippen MR) is 82.7 cm³/mol. The number of benzene rings is 1. The summed E-state index contributed by atoms with van der Waals surface area (Å²) in [5.41, 5.74) is 0.641. The zero-order valence-electron chi connectivity index (χ0n) is 10.3. The van der Waals surface area contributed by atoms with Gasteiger partial charge in [0.25, 0.3) is 0 Å². The molecule has 0 radical (unpaired) electrons. The maximum atomic E-state index is 11.8. The van der Waals surface area contributed by atoms with Crippen molar-refractivity contribution in [2.75, 3.05) is 5.32 Å². The van der Waals surface area contributed by atoms with Crippen LogP contribution in [-0.4, -0.2) is 23.1 Å². The molecule has 1 aromatic carbocycles. The lowest BCUT2D eigenvalue weighted by molar-refractivity contribution is -0.140. The van der Waals surface area contributed by atoms with Crippen LogP contribution in [-0.2, 0) is 4.79 Å². The smallest absolute Gasteiger partial charge is 0.319 e. The van der Waals surface area contributed by atoms with Crippen LogP contribution in [0.5, 0.6) is 0 Å². The lowest BCUT2D eigenvalue weighted by Gasteiger charge is -2.14. The fourth-order valence-electron chi connectivity index (χ4n) is 1.91. The standard InChI is InChI=1S/C13H12Br2N2O3/c14-8-2-4-11(10(15)6-8)17-13(20)16-9-3-1-7(5-9)12(18)19/h1-4,6-7,9H,5H2,(H,18,19)(H2,16,17,20). The lowest BCUT2D eigenvalue weighted by atomic mass is 10.1. The van der Waals surface area contributed by atoms with Gasteiger partial charge in [-0.25, -0.2) is 4.79 Å². The molecule has 2 unspecified atom stereocenters. The highest BCUT2D eigenvalue weighted by Crippen LogP contribution is 2.26. The van der Waals surface area contributed by atoms with Gasteiger partial charge in [0, 0.05) is 8.95 Å². The molecule has 1 aromatic rings. The van der Waals surface area contributed by atoms with Crippen molar-refractivity contribution >= 4 is 49.5 Å². The van der Waals surface area contributed by atoms with Crippen LogP contribution in [0.2, 0.25) is 0 Å². The molecule has 7 heteroatoms. The average molecular weight is 404 g/mol. The van der Waals surface area contributed by atoms with E-state index in [9.17, 15) is 9.59 Å². The fraction of sp³-hybridized carbons (Fsp3) is 0.231. The van der Waals surface area contributed by atoms with Gasteiger partial charge in [-0.05, 0) is 40.5 Å². The Bertz CT molecular complexity index is 575. The van der Waals surface area contributed by atoms with Crippen molar-refractivity contribution in [3.8, 4) is 0 Å². The molecule has 0 saturated carbocycles. The van der Waals surface area contributed by atoms with Gasteiger partial charge < -0.3 is 15.7 Å². The number of amides is 2. The minimum atomic E-state index is -0.874. The van der Waals surface area contributed by atoms with Gasteiger partial charge in [0.1, 0.15) is 0 Å². The first-order valence-corrected chi connectivity index (χ1v) is 7.48. The minimum Gasteiger partial charge on any atom is -0.481 e. The third kappa shape index (κ3) is 3.83. The van der Waals surface area contributed by atoms with Crippen LogP contribution < -0.4 is 10.6 Å². The van der Waals surface area contributed by atoms with Crippen molar-refractivity contribution in [3.63, 3.8) is 0 Å². The summed E-state index contributed by atoms with van der Waals surface area (Å²) in [7, 11) is 0. The maximum Gasteiger partial charge on any atom is 0.319 e. The zero-order chi connectivity index (χ0) is 14.7. The summed E-state index contributed by atoms with van der Waals surface area (Å²) in [6.07, 6.45) is 3.68. The van der Waals surface area contributed by atoms with E-state index in [1.165, 1.54) is 0 Å². The molecule has 0 aromatic heterocycles. The second kappa shape index (κ2) is 6.41. The highest BCUT2D eigenvalue weighted by Gasteiger charge is 2.25. The topological polar surface area (TPSA) is 78.4 Å². The molecule has 1 aliphatic carbocycles. The predicted octanol–water partition coefficient (Wildman–Crippen LogP) is 3.36. The quantitative estimate of drug-likeness (QED) is 0.677. The Kier molecular flexibility index (Phi) is 4.82. The third-order valence-corrected chi connectivity index (χ3v) is 4.05. The van der Waals surface area contributed by atoms with E-state index in [0.717, 1.165) is 8.95 Å². The Morgan fingerprint density at radius 2 is 2.00 bits per heavy atom. The molecule has 5 nitrogen and oxygen atoms in total. The molecule has 2 atom stereocenters. The van der Waals surface area contributed by atoms with Crippen LogP contribution in [0, 0.1) is 5.92 Å². The van der Waals surface area contributed by atoms with Gasteiger partial charge in [0.2, 0.25) is 0 Å². The SMILES string of the molecule is O=C(Nc1ccc(Br)cc1Br)NC1C=CC(C(=O)O)C1. The Labute approximate surface area is 132 Å². The third-order valence-electron chi connectivity index (χ3n) is 2.90. The Morgan fingerprint density at radius 3 is 2.60 bits per heavy atom. The van der Waals surface area contributed by atoms with Crippen molar-refractivity contribution < 1.29 is 14.7 Å². The molecule has 106 valence electrons. The van der Waals surface area contributed by atoms with E-state index in [4.69, 9.17) is 5.11 Å².